The van der Waals surface area contributed by atoms with Crippen LogP contribution in [0.25, 0.3) is 0 Å². The van der Waals surface area contributed by atoms with Crippen LogP contribution in [0.15, 0.2) is 42.5 Å². The van der Waals surface area contributed by atoms with E-state index in [1.165, 1.54) is 5.56 Å². The Balaban J connectivity index is 1.35. The second-order valence-electron chi connectivity index (χ2n) is 6.57. The molecule has 0 N–H and O–H groups in total. The number of ether oxygens (including phenoxy) is 2. The van der Waals surface area contributed by atoms with E-state index in [0.717, 1.165) is 55.3 Å². The molecule has 1 fully saturated rings. The number of aryl methyl sites for hydroxylation is 1. The topological polar surface area (TPSA) is 42.0 Å². The molecule has 2 aliphatic rings. The van der Waals surface area contributed by atoms with Gasteiger partial charge in [-0.2, -0.15) is 0 Å². The molecule has 0 bridgehead atoms. The van der Waals surface area contributed by atoms with Gasteiger partial charge >= 0.3 is 0 Å². The first-order valence-corrected chi connectivity index (χ1v) is 8.66. The number of carbonyl (C=O) groups excluding carboxylic acids is 1. The van der Waals surface area contributed by atoms with Crippen molar-refractivity contribution >= 4 is 5.91 Å². The summed E-state index contributed by atoms with van der Waals surface area (Å²) < 4.78 is 10.8. The maximum atomic E-state index is 12.7. The first-order valence-electron chi connectivity index (χ1n) is 8.66. The van der Waals surface area contributed by atoms with Crippen LogP contribution in [-0.2, 0) is 6.54 Å². The Labute approximate surface area is 147 Å². The van der Waals surface area contributed by atoms with Crippen molar-refractivity contribution in [2.75, 3.05) is 33.0 Å². The van der Waals surface area contributed by atoms with E-state index in [2.05, 4.69) is 11.0 Å². The maximum absolute atomic E-state index is 12.7. The van der Waals surface area contributed by atoms with Gasteiger partial charge in [0, 0.05) is 38.3 Å². The Morgan fingerprint density at radius 3 is 2.56 bits per heavy atom. The highest BCUT2D eigenvalue weighted by Gasteiger charge is 2.23. The summed E-state index contributed by atoms with van der Waals surface area (Å²) in [5.41, 5.74) is 3.06. The number of piperazine rings is 1. The molecule has 0 spiro atoms. The minimum atomic E-state index is 0.140. The van der Waals surface area contributed by atoms with Crippen LogP contribution in [0.2, 0.25) is 0 Å². The zero-order chi connectivity index (χ0) is 17.2. The van der Waals surface area contributed by atoms with E-state index in [9.17, 15) is 4.79 Å². The highest BCUT2D eigenvalue weighted by Crippen LogP contribution is 2.32. The molecule has 1 amide bonds. The number of amides is 1. The summed E-state index contributed by atoms with van der Waals surface area (Å²) in [5.74, 6) is 1.78. The van der Waals surface area contributed by atoms with E-state index in [-0.39, 0.29) is 5.91 Å². The number of fused-ring (bicyclic) bond motifs is 1. The van der Waals surface area contributed by atoms with Crippen LogP contribution in [0.5, 0.6) is 11.5 Å². The van der Waals surface area contributed by atoms with Gasteiger partial charge in [0.2, 0.25) is 6.79 Å². The average Bonchev–Trinajstić information content (AvgIpc) is 3.10. The summed E-state index contributed by atoms with van der Waals surface area (Å²) in [5, 5.41) is 0. The summed E-state index contributed by atoms with van der Waals surface area (Å²) in [6, 6.07) is 13.9. The second kappa shape index (κ2) is 6.76. The summed E-state index contributed by atoms with van der Waals surface area (Å²) in [6.45, 7) is 6.44. The van der Waals surface area contributed by atoms with Gasteiger partial charge in [0.25, 0.3) is 5.91 Å². The molecule has 5 nitrogen and oxygen atoms in total. The summed E-state index contributed by atoms with van der Waals surface area (Å²) in [7, 11) is 0. The maximum Gasteiger partial charge on any atom is 0.254 e. The number of carbonyl (C=O) groups is 1. The Bertz CT molecular complexity index is 782. The lowest BCUT2D eigenvalue weighted by molar-refractivity contribution is 0.0627. The minimum absolute atomic E-state index is 0.140. The molecule has 2 heterocycles. The van der Waals surface area contributed by atoms with E-state index in [0.29, 0.717) is 6.79 Å². The fourth-order valence-corrected chi connectivity index (χ4v) is 3.39. The van der Waals surface area contributed by atoms with E-state index < -0.39 is 0 Å². The van der Waals surface area contributed by atoms with Crippen LogP contribution in [0.3, 0.4) is 0 Å². The second-order valence-corrected chi connectivity index (χ2v) is 6.57. The molecule has 0 aromatic heterocycles. The Hall–Kier alpha value is -2.53. The van der Waals surface area contributed by atoms with Gasteiger partial charge in [0.05, 0.1) is 0 Å². The first-order chi connectivity index (χ1) is 12.2. The molecule has 0 unspecified atom stereocenters. The van der Waals surface area contributed by atoms with Crippen LogP contribution >= 0.6 is 0 Å². The van der Waals surface area contributed by atoms with Gasteiger partial charge in [-0.1, -0.05) is 24.3 Å². The molecule has 130 valence electrons. The van der Waals surface area contributed by atoms with Crippen molar-refractivity contribution in [3.8, 4) is 11.5 Å². The molecule has 1 saturated heterocycles. The molecular formula is C20H22N2O3. The fraction of sp³-hybridized carbons (Fsp3) is 0.350. The lowest BCUT2D eigenvalue weighted by Crippen LogP contribution is -2.48. The highest BCUT2D eigenvalue weighted by molar-refractivity contribution is 5.95. The predicted molar refractivity (Wildman–Crippen MR) is 94.9 cm³/mol. The van der Waals surface area contributed by atoms with Gasteiger partial charge in [0.15, 0.2) is 11.5 Å². The molecule has 25 heavy (non-hydrogen) atoms. The molecule has 2 aromatic rings. The largest absolute Gasteiger partial charge is 0.454 e. The first kappa shape index (κ1) is 16.0. The lowest BCUT2D eigenvalue weighted by atomic mass is 10.1. The van der Waals surface area contributed by atoms with Crippen molar-refractivity contribution < 1.29 is 14.3 Å². The number of hydrogen-bond donors (Lipinski definition) is 0. The van der Waals surface area contributed by atoms with Crippen LogP contribution in [0.1, 0.15) is 21.5 Å². The molecule has 2 aromatic carbocycles. The number of rotatable bonds is 3. The third kappa shape index (κ3) is 3.33. The molecule has 2 aliphatic heterocycles. The molecule has 0 saturated carbocycles. The third-order valence-corrected chi connectivity index (χ3v) is 4.88. The van der Waals surface area contributed by atoms with Crippen LogP contribution in [0.4, 0.5) is 0 Å². The van der Waals surface area contributed by atoms with Gasteiger partial charge in [-0.3, -0.25) is 9.69 Å². The van der Waals surface area contributed by atoms with Gasteiger partial charge < -0.3 is 14.4 Å². The number of benzene rings is 2. The molecule has 0 radical (unpaired) electrons. The van der Waals surface area contributed by atoms with Crippen molar-refractivity contribution in [3.05, 3.63) is 59.2 Å². The van der Waals surface area contributed by atoms with Gasteiger partial charge in [-0.15, -0.1) is 0 Å². The van der Waals surface area contributed by atoms with E-state index in [4.69, 9.17) is 9.47 Å². The number of hydrogen-bond acceptors (Lipinski definition) is 4. The molecule has 0 atom stereocenters. The molecule has 4 rings (SSSR count). The molecular weight excluding hydrogens is 316 g/mol. The standard InChI is InChI=1S/C20H22N2O3/c1-15-4-2-3-5-17(15)20(23)22-10-8-21(9-11-22)13-16-6-7-18-19(12-16)25-14-24-18/h2-7,12H,8-11,13-14H2,1H3. The quantitative estimate of drug-likeness (QED) is 0.863. The predicted octanol–water partition coefficient (Wildman–Crippen LogP) is 2.68. The van der Waals surface area contributed by atoms with Crippen LogP contribution < -0.4 is 9.47 Å². The van der Waals surface area contributed by atoms with Gasteiger partial charge in [-0.25, -0.2) is 0 Å². The summed E-state index contributed by atoms with van der Waals surface area (Å²) in [4.78, 5) is 17.0. The Morgan fingerprint density at radius 1 is 1.00 bits per heavy atom. The highest BCUT2D eigenvalue weighted by atomic mass is 16.7. The fourth-order valence-electron chi connectivity index (χ4n) is 3.39. The van der Waals surface area contributed by atoms with E-state index in [1.54, 1.807) is 0 Å². The Kier molecular flexibility index (Phi) is 4.32. The monoisotopic (exact) mass is 338 g/mol. The zero-order valence-corrected chi connectivity index (χ0v) is 14.4. The average molecular weight is 338 g/mol. The molecule has 5 heteroatoms. The van der Waals surface area contributed by atoms with Crippen molar-refractivity contribution in [3.63, 3.8) is 0 Å². The van der Waals surface area contributed by atoms with E-state index >= 15 is 0 Å². The molecule has 0 aliphatic carbocycles. The van der Waals surface area contributed by atoms with Crippen molar-refractivity contribution in [1.82, 2.24) is 9.80 Å². The number of nitrogens with zero attached hydrogens (tertiary/aromatic N) is 2. The van der Waals surface area contributed by atoms with Crippen LogP contribution in [0, 0.1) is 6.92 Å². The lowest BCUT2D eigenvalue weighted by Gasteiger charge is -2.35. The van der Waals surface area contributed by atoms with E-state index in [1.807, 2.05) is 48.2 Å². The van der Waals surface area contributed by atoms with Gasteiger partial charge in [-0.05, 0) is 36.2 Å². The van der Waals surface area contributed by atoms with Crippen molar-refractivity contribution in [2.45, 2.75) is 13.5 Å². The smallest absolute Gasteiger partial charge is 0.254 e. The van der Waals surface area contributed by atoms with Crippen molar-refractivity contribution in [1.29, 1.82) is 0 Å². The third-order valence-electron chi connectivity index (χ3n) is 4.88. The SMILES string of the molecule is Cc1ccccc1C(=O)N1CCN(Cc2ccc3c(c2)OCO3)CC1. The zero-order valence-electron chi connectivity index (χ0n) is 14.4. The van der Waals surface area contributed by atoms with Crippen molar-refractivity contribution in [2.24, 2.45) is 0 Å². The minimum Gasteiger partial charge on any atom is -0.454 e. The normalized spacial score (nSPS) is 16.9. The Morgan fingerprint density at radius 2 is 1.76 bits per heavy atom. The van der Waals surface area contributed by atoms with Gasteiger partial charge in [0.1, 0.15) is 0 Å². The summed E-state index contributed by atoms with van der Waals surface area (Å²) in [6.07, 6.45) is 0. The van der Waals surface area contributed by atoms with Crippen LogP contribution in [-0.4, -0.2) is 48.7 Å². The summed E-state index contributed by atoms with van der Waals surface area (Å²) >= 11 is 0.